The van der Waals surface area contributed by atoms with Crippen LogP contribution in [0.3, 0.4) is 0 Å². The van der Waals surface area contributed by atoms with Crippen molar-refractivity contribution >= 4 is 78.6 Å². The molecular weight excluding hydrogens is 1160 g/mol. The summed E-state index contributed by atoms with van der Waals surface area (Å²) >= 11 is 0. The fraction of sp³-hybridized carbons (Fsp3) is 0.583. The minimum absolute atomic E-state index is 0. The topological polar surface area (TPSA) is 210 Å². The number of unbranched alkanes of at least 4 members (excludes halogenated alkanes) is 4. The van der Waals surface area contributed by atoms with Crippen molar-refractivity contribution in [3.8, 4) is 0 Å². The zero-order valence-corrected chi connectivity index (χ0v) is 55.7. The molecule has 20 nitrogen and oxygen atoms in total. The highest BCUT2D eigenvalue weighted by molar-refractivity contribution is 5.92. The van der Waals surface area contributed by atoms with Crippen LogP contribution >= 0.6 is 0 Å². The molecule has 20 heteroatoms. The van der Waals surface area contributed by atoms with Gasteiger partial charge in [-0.05, 0) is 132 Å². The third-order valence-electron chi connectivity index (χ3n) is 15.8. The molecule has 0 saturated heterocycles. The number of pyridine rings is 2. The van der Waals surface area contributed by atoms with E-state index in [1.165, 1.54) is 66.1 Å². The number of anilines is 2. The number of carbonyl (C=O) groups excluding carboxylic acids is 4. The minimum atomic E-state index is -0.0783. The van der Waals surface area contributed by atoms with Gasteiger partial charge < -0.3 is 70.1 Å². The largest absolute Gasteiger partial charge is 0.379 e. The Balaban J connectivity index is 0.0000154. The second kappa shape index (κ2) is 44.8. The van der Waals surface area contributed by atoms with Gasteiger partial charge in [0, 0.05) is 190 Å². The molecule has 0 bridgehead atoms. The molecule has 4 amide bonds. The molecule has 6 aromatic rings. The summed E-state index contributed by atoms with van der Waals surface area (Å²) in [5.74, 6) is 0.00739. The number of hydrogen-bond donors (Lipinski definition) is 6. The van der Waals surface area contributed by atoms with Gasteiger partial charge in [0.05, 0.1) is 52.9 Å². The summed E-state index contributed by atoms with van der Waals surface area (Å²) in [4.78, 5) is 53.9. The van der Waals surface area contributed by atoms with E-state index in [-0.39, 0.29) is 31.1 Å². The molecule has 0 aliphatic heterocycles. The molecular formula is C72H112N10O10+2. The van der Waals surface area contributed by atoms with Crippen LogP contribution in [0, 0.1) is 0 Å². The Hall–Kier alpha value is -6.62. The zero-order chi connectivity index (χ0) is 64.7. The molecule has 4 aromatic carbocycles. The molecule has 0 atom stereocenters. The summed E-state index contributed by atoms with van der Waals surface area (Å²) in [6, 6.07) is 31.3. The summed E-state index contributed by atoms with van der Waals surface area (Å²) in [7, 11) is 12.2. The highest BCUT2D eigenvalue weighted by Gasteiger charge is 2.20. The molecule has 0 aliphatic rings. The van der Waals surface area contributed by atoms with E-state index in [2.05, 4.69) is 164 Å². The first-order valence-corrected chi connectivity index (χ1v) is 33.4. The van der Waals surface area contributed by atoms with Gasteiger partial charge >= 0.3 is 0 Å². The van der Waals surface area contributed by atoms with Gasteiger partial charge in [0.25, 0.3) is 0 Å². The van der Waals surface area contributed by atoms with Crippen LogP contribution in [0.2, 0.25) is 0 Å². The lowest BCUT2D eigenvalue weighted by molar-refractivity contribution is -0.646. The number of aryl methyl sites for hydroxylation is 2. The van der Waals surface area contributed by atoms with Crippen LogP contribution in [0.1, 0.15) is 115 Å². The summed E-state index contributed by atoms with van der Waals surface area (Å²) in [5.41, 5.74) is 9.78. The lowest BCUT2D eigenvalue weighted by atomic mass is 10.0. The van der Waals surface area contributed by atoms with Crippen molar-refractivity contribution in [3.05, 3.63) is 96.1 Å². The van der Waals surface area contributed by atoms with Crippen molar-refractivity contribution in [1.82, 2.24) is 31.9 Å². The Kier molecular flexibility index (Phi) is 37.1. The number of aromatic nitrogens is 2. The van der Waals surface area contributed by atoms with Crippen LogP contribution in [-0.4, -0.2) is 171 Å². The maximum Gasteiger partial charge on any atom is 0.220 e. The molecule has 6 N–H and O–H groups in total. The van der Waals surface area contributed by atoms with E-state index in [0.29, 0.717) is 150 Å². The van der Waals surface area contributed by atoms with E-state index < -0.39 is 0 Å². The van der Waals surface area contributed by atoms with E-state index in [4.69, 9.17) is 28.4 Å². The second-order valence-electron chi connectivity index (χ2n) is 23.7. The lowest BCUT2D eigenvalue weighted by Crippen LogP contribution is -2.36. The first-order chi connectivity index (χ1) is 44.4. The Morgan fingerprint density at radius 2 is 0.641 bits per heavy atom. The van der Waals surface area contributed by atoms with E-state index in [0.717, 1.165) is 77.5 Å². The maximum absolute atomic E-state index is 12.6. The molecule has 0 aliphatic carbocycles. The first-order valence-electron chi connectivity index (χ1n) is 33.4. The van der Waals surface area contributed by atoms with Crippen LogP contribution < -0.4 is 50.8 Å². The van der Waals surface area contributed by atoms with Gasteiger partial charge in [0.1, 0.15) is 13.1 Å². The Morgan fingerprint density at radius 1 is 0.348 bits per heavy atom. The average Bonchev–Trinajstić information content (AvgIpc) is 0.844. The second-order valence-corrected chi connectivity index (χ2v) is 23.7. The quantitative estimate of drug-likeness (QED) is 0.0121. The van der Waals surface area contributed by atoms with E-state index in [1.807, 2.05) is 14.1 Å². The number of ether oxygens (including phenoxy) is 6. The van der Waals surface area contributed by atoms with E-state index in [9.17, 15) is 19.2 Å². The summed E-state index contributed by atoms with van der Waals surface area (Å²) in [5, 5.41) is 23.3. The summed E-state index contributed by atoms with van der Waals surface area (Å²) < 4.78 is 38.7. The molecule has 0 spiro atoms. The van der Waals surface area contributed by atoms with Crippen molar-refractivity contribution in [1.29, 1.82) is 0 Å². The predicted molar refractivity (Wildman–Crippen MR) is 370 cm³/mol. The van der Waals surface area contributed by atoms with Crippen LogP contribution in [0.4, 0.5) is 11.4 Å². The maximum atomic E-state index is 12.6. The average molecular weight is 1280 g/mol. The van der Waals surface area contributed by atoms with Crippen LogP contribution in [-0.2, 0) is 73.8 Å². The first kappa shape index (κ1) is 76.1. The fourth-order valence-corrected chi connectivity index (χ4v) is 10.8. The number of nitrogens with zero attached hydrogens (tertiary/aromatic N) is 4. The number of hydrogen-bond acceptors (Lipinski definition) is 14. The molecule has 0 unspecified atom stereocenters. The number of rotatable bonds is 50. The monoisotopic (exact) mass is 1280 g/mol. The fourth-order valence-electron chi connectivity index (χ4n) is 10.8. The van der Waals surface area contributed by atoms with Crippen LogP contribution in [0.5, 0.6) is 0 Å². The molecule has 2 heterocycles. The molecule has 0 saturated carbocycles. The predicted octanol–water partition coefficient (Wildman–Crippen LogP) is 8.20. The van der Waals surface area contributed by atoms with Crippen molar-refractivity contribution in [3.63, 3.8) is 0 Å². The Labute approximate surface area is 548 Å². The van der Waals surface area contributed by atoms with Gasteiger partial charge in [0.15, 0.2) is 0 Å². The van der Waals surface area contributed by atoms with Crippen molar-refractivity contribution < 1.29 is 56.7 Å². The van der Waals surface area contributed by atoms with Gasteiger partial charge in [0.2, 0.25) is 45.7 Å². The van der Waals surface area contributed by atoms with Gasteiger partial charge in [-0.3, -0.25) is 19.2 Å². The third kappa shape index (κ3) is 28.3. The van der Waals surface area contributed by atoms with Crippen molar-refractivity contribution in [2.75, 3.05) is 158 Å². The zero-order valence-electron chi connectivity index (χ0n) is 55.7. The number of carbonyl (C=O) groups is 4. The SMILES string of the molecule is C.CNCc1ccc2cc3ccc(CNC)cc3[n+](CCCCCC(=O)NCCCOCCOCCOCCCNC(=O)CCCC(=O)NCCCOCCOCCOCCCNC(=O)CCCCC[n+]3c4cc(N(C)C)ccc4cc4ccc(N(C)C)cc43)c2c1. The highest BCUT2D eigenvalue weighted by atomic mass is 16.5. The third-order valence-corrected chi connectivity index (χ3v) is 15.8. The van der Waals surface area contributed by atoms with Crippen LogP contribution in [0.15, 0.2) is 84.9 Å². The van der Waals surface area contributed by atoms with Crippen molar-refractivity contribution in [2.45, 2.75) is 130 Å². The van der Waals surface area contributed by atoms with Gasteiger partial charge in [-0.1, -0.05) is 19.6 Å². The van der Waals surface area contributed by atoms with Gasteiger partial charge in [-0.25, -0.2) is 0 Å². The summed E-state index contributed by atoms with van der Waals surface area (Å²) in [6.45, 7) is 11.4. The van der Waals surface area contributed by atoms with Crippen LogP contribution in [0.25, 0.3) is 43.6 Å². The van der Waals surface area contributed by atoms with Crippen molar-refractivity contribution in [2.24, 2.45) is 0 Å². The molecule has 508 valence electrons. The standard InChI is InChI=1S/C71H106N10O10.CH4/c1-72-54-56-22-24-58-50-59-25-23-57(55-73-2)49-65(59)80(64(58)48-56)34-11-7-9-18-68(82)74-30-14-36-86-40-44-90-46-42-88-38-16-32-76-70(84)20-13-21-71(85)77-33-17-39-89-43-47-91-45-41-87-37-15-31-75-69(83)19-10-8-12-35-81-66-52-62(78(3)4)28-26-60(66)51-61-27-29-63(79(5)6)53-67(61)81;/h22-29,48-53,72-73H,7-21,30-47,54-55H2,1-6H3,(H2-2,74,75,76,77,82,83,84,85);1H4/p+2. The Bertz CT molecular complexity index is 3000. The molecule has 0 fully saturated rings. The van der Waals surface area contributed by atoms with E-state index >= 15 is 0 Å². The minimum Gasteiger partial charge on any atom is -0.379 e. The molecule has 2 aromatic heterocycles. The number of benzene rings is 4. The van der Waals surface area contributed by atoms with Gasteiger partial charge in [-0.2, -0.15) is 9.13 Å². The van der Waals surface area contributed by atoms with E-state index in [1.54, 1.807) is 0 Å². The summed E-state index contributed by atoms with van der Waals surface area (Å²) in [6.07, 6.45) is 10.6. The number of nitrogens with one attached hydrogen (secondary N) is 6. The molecule has 92 heavy (non-hydrogen) atoms. The molecule has 0 radical (unpaired) electrons. The number of amides is 4. The molecule has 6 rings (SSSR count). The lowest BCUT2D eigenvalue weighted by Gasteiger charge is -2.15. The number of fused-ring (bicyclic) bond motifs is 4. The smallest absolute Gasteiger partial charge is 0.220 e. The van der Waals surface area contributed by atoms with Gasteiger partial charge in [-0.15, -0.1) is 0 Å². The Morgan fingerprint density at radius 3 is 0.957 bits per heavy atom. The highest BCUT2D eigenvalue weighted by Crippen LogP contribution is 2.26. The normalized spacial score (nSPS) is 11.4.